The molecule has 0 spiro atoms. The van der Waals surface area contributed by atoms with Gasteiger partial charge in [-0.25, -0.2) is 4.79 Å². The van der Waals surface area contributed by atoms with Crippen molar-refractivity contribution in [1.82, 2.24) is 5.32 Å². The summed E-state index contributed by atoms with van der Waals surface area (Å²) in [6.45, 7) is 0. The van der Waals surface area contributed by atoms with Crippen LogP contribution >= 0.6 is 0 Å². The van der Waals surface area contributed by atoms with E-state index < -0.39 is 35.8 Å². The number of hydrogen-bond donors (Lipinski definition) is 2. The maximum absolute atomic E-state index is 13.0. The summed E-state index contributed by atoms with van der Waals surface area (Å²) in [6, 6.07) is 4.95. The van der Waals surface area contributed by atoms with Gasteiger partial charge in [-0.2, -0.15) is 13.2 Å². The number of nitrogens with one attached hydrogen (secondary N) is 1. The molecule has 1 heterocycles. The molecule has 2 fully saturated rings. The minimum absolute atomic E-state index is 0.172. The first kappa shape index (κ1) is 16.8. The molecule has 4 unspecified atom stereocenters. The number of hydrogen-bond acceptors (Lipinski definition) is 3. The molecule has 1 aromatic carbocycles. The van der Waals surface area contributed by atoms with Gasteiger partial charge in [0.15, 0.2) is 6.10 Å². The van der Waals surface area contributed by atoms with E-state index in [-0.39, 0.29) is 23.9 Å². The molecule has 1 saturated heterocycles. The van der Waals surface area contributed by atoms with Crippen LogP contribution in [0.25, 0.3) is 0 Å². The summed E-state index contributed by atoms with van der Waals surface area (Å²) in [7, 11) is 0. The molecule has 130 valence electrons. The Balaban J connectivity index is 1.61. The van der Waals surface area contributed by atoms with E-state index >= 15 is 0 Å². The summed E-state index contributed by atoms with van der Waals surface area (Å²) in [5.41, 5.74) is -0.513. The molecule has 4 atom stereocenters. The van der Waals surface area contributed by atoms with Crippen LogP contribution in [-0.2, 0) is 20.5 Å². The van der Waals surface area contributed by atoms with Gasteiger partial charge in [-0.3, -0.25) is 4.79 Å². The van der Waals surface area contributed by atoms with Crippen molar-refractivity contribution in [2.45, 2.75) is 49.6 Å². The minimum Gasteiger partial charge on any atom is -0.479 e. The highest BCUT2D eigenvalue weighted by molar-refractivity contribution is 5.83. The number of carboxylic acid groups (broad SMARTS) is 1. The second-order valence-electron chi connectivity index (χ2n) is 6.07. The number of carbonyl (C=O) groups is 2. The molecule has 1 aromatic rings. The van der Waals surface area contributed by atoms with Crippen LogP contribution in [0.4, 0.5) is 13.2 Å². The lowest BCUT2D eigenvalue weighted by Crippen LogP contribution is -2.37. The van der Waals surface area contributed by atoms with E-state index in [1.54, 1.807) is 6.07 Å². The zero-order valence-electron chi connectivity index (χ0n) is 12.5. The summed E-state index contributed by atoms with van der Waals surface area (Å²) in [5, 5.41) is 11.5. The van der Waals surface area contributed by atoms with Gasteiger partial charge in [0.2, 0.25) is 5.91 Å². The van der Waals surface area contributed by atoms with Crippen LogP contribution in [0.3, 0.4) is 0 Å². The lowest BCUT2D eigenvalue weighted by Gasteiger charge is -2.14. The highest BCUT2D eigenvalue weighted by Gasteiger charge is 2.46. The molecule has 1 saturated carbocycles. The topological polar surface area (TPSA) is 75.6 Å². The predicted molar refractivity (Wildman–Crippen MR) is 76.3 cm³/mol. The van der Waals surface area contributed by atoms with Crippen molar-refractivity contribution < 1.29 is 32.6 Å². The van der Waals surface area contributed by atoms with Crippen LogP contribution in [0, 0.1) is 0 Å². The van der Waals surface area contributed by atoms with E-state index in [0.29, 0.717) is 12.8 Å². The van der Waals surface area contributed by atoms with Crippen molar-refractivity contribution >= 4 is 11.9 Å². The number of aliphatic carboxylic acids is 1. The Bertz CT molecular complexity index is 661. The van der Waals surface area contributed by atoms with Crippen LogP contribution in [0.2, 0.25) is 0 Å². The molecule has 1 aliphatic carbocycles. The molecule has 2 N–H and O–H groups in total. The number of rotatable bonds is 4. The first-order valence-corrected chi connectivity index (χ1v) is 7.62. The highest BCUT2D eigenvalue weighted by atomic mass is 19.4. The van der Waals surface area contributed by atoms with Crippen LogP contribution in [0.5, 0.6) is 0 Å². The normalized spacial score (nSPS) is 29.3. The van der Waals surface area contributed by atoms with Crippen LogP contribution < -0.4 is 5.32 Å². The van der Waals surface area contributed by atoms with Crippen LogP contribution in [0.1, 0.15) is 36.3 Å². The van der Waals surface area contributed by atoms with E-state index in [9.17, 15) is 22.8 Å². The fourth-order valence-corrected chi connectivity index (χ4v) is 3.06. The number of ether oxygens (including phenoxy) is 1. The largest absolute Gasteiger partial charge is 0.479 e. The zero-order valence-corrected chi connectivity index (χ0v) is 12.5. The molecule has 0 aromatic heterocycles. The fourth-order valence-electron chi connectivity index (χ4n) is 3.06. The van der Waals surface area contributed by atoms with Crippen LogP contribution in [0.15, 0.2) is 24.3 Å². The summed E-state index contributed by atoms with van der Waals surface area (Å²) in [4.78, 5) is 22.9. The first-order valence-electron chi connectivity index (χ1n) is 7.62. The molecule has 0 bridgehead atoms. The number of carbonyl (C=O) groups excluding carboxylic acids is 1. The minimum atomic E-state index is -4.43. The fraction of sp³-hybridized carbons (Fsp3) is 0.500. The predicted octanol–water partition coefficient (Wildman–Crippen LogP) is 2.31. The smallest absolute Gasteiger partial charge is 0.416 e. The van der Waals surface area contributed by atoms with E-state index in [1.807, 2.05) is 0 Å². The van der Waals surface area contributed by atoms with Crippen molar-refractivity contribution in [3.8, 4) is 0 Å². The van der Waals surface area contributed by atoms with Crippen LogP contribution in [-0.4, -0.2) is 35.2 Å². The average Bonchev–Trinajstić information content (AvgIpc) is 3.08. The molecule has 1 aliphatic heterocycles. The van der Waals surface area contributed by atoms with Gasteiger partial charge in [-0.05, 0) is 30.9 Å². The molecule has 8 heteroatoms. The standard InChI is InChI=1S/C16H16F3NO4/c17-16(18,19)10-4-2-1-3-8(10)9-7-11(9)20-14(21)12-5-6-13(24-12)15(22)23/h1-4,9,11-13H,5-7H2,(H,20,21)(H,22,23). The Morgan fingerprint density at radius 2 is 1.83 bits per heavy atom. The second kappa shape index (κ2) is 6.08. The average molecular weight is 343 g/mol. The van der Waals surface area contributed by atoms with Gasteiger partial charge in [-0.1, -0.05) is 18.2 Å². The highest BCUT2D eigenvalue weighted by Crippen LogP contribution is 2.46. The van der Waals surface area contributed by atoms with Crippen molar-refractivity contribution in [3.05, 3.63) is 35.4 Å². The summed E-state index contributed by atoms with van der Waals surface area (Å²) in [5.74, 6) is -1.96. The maximum Gasteiger partial charge on any atom is 0.416 e. The van der Waals surface area contributed by atoms with Gasteiger partial charge in [0.05, 0.1) is 5.56 Å². The lowest BCUT2D eigenvalue weighted by molar-refractivity contribution is -0.151. The number of alkyl halides is 3. The molecule has 2 aliphatic rings. The number of amides is 1. The van der Waals surface area contributed by atoms with Gasteiger partial charge in [0, 0.05) is 12.0 Å². The number of halogens is 3. The Hall–Kier alpha value is -2.09. The van der Waals surface area contributed by atoms with Gasteiger partial charge in [0.1, 0.15) is 6.10 Å². The summed E-state index contributed by atoms with van der Waals surface area (Å²) >= 11 is 0. The SMILES string of the molecule is O=C(O)C1CCC(C(=O)NC2CC2c2ccccc2C(F)(F)F)O1. The number of benzene rings is 1. The molecular weight excluding hydrogens is 327 g/mol. The van der Waals surface area contributed by atoms with E-state index in [2.05, 4.69) is 5.32 Å². The van der Waals surface area contributed by atoms with E-state index in [0.717, 1.165) is 6.07 Å². The third-order valence-electron chi connectivity index (χ3n) is 4.37. The van der Waals surface area contributed by atoms with Gasteiger partial charge >= 0.3 is 12.1 Å². The third kappa shape index (κ3) is 3.38. The molecule has 3 rings (SSSR count). The van der Waals surface area contributed by atoms with Gasteiger partial charge < -0.3 is 15.2 Å². The van der Waals surface area contributed by atoms with Crippen molar-refractivity contribution in [3.63, 3.8) is 0 Å². The van der Waals surface area contributed by atoms with Gasteiger partial charge in [-0.15, -0.1) is 0 Å². The number of carboxylic acids is 1. The Kier molecular flexibility index (Phi) is 4.25. The third-order valence-corrected chi connectivity index (χ3v) is 4.37. The second-order valence-corrected chi connectivity index (χ2v) is 6.07. The maximum atomic E-state index is 13.0. The van der Waals surface area contributed by atoms with E-state index in [1.165, 1.54) is 12.1 Å². The van der Waals surface area contributed by atoms with Gasteiger partial charge in [0.25, 0.3) is 0 Å². The quantitative estimate of drug-likeness (QED) is 0.880. The first-order chi connectivity index (χ1) is 11.3. The molecule has 1 amide bonds. The molecule has 24 heavy (non-hydrogen) atoms. The summed E-state index contributed by atoms with van der Waals surface area (Å²) in [6.07, 6.45) is -5.32. The zero-order chi connectivity index (χ0) is 17.5. The van der Waals surface area contributed by atoms with Crippen molar-refractivity contribution in [1.29, 1.82) is 0 Å². The lowest BCUT2D eigenvalue weighted by atomic mass is 10.0. The Labute approximate surface area is 135 Å². The Morgan fingerprint density at radius 1 is 1.17 bits per heavy atom. The molecule has 5 nitrogen and oxygen atoms in total. The van der Waals surface area contributed by atoms with E-state index in [4.69, 9.17) is 9.84 Å². The monoisotopic (exact) mass is 343 g/mol. The molecule has 0 radical (unpaired) electrons. The Morgan fingerprint density at radius 3 is 2.46 bits per heavy atom. The summed E-state index contributed by atoms with van der Waals surface area (Å²) < 4.78 is 44.2. The molecular formula is C16H16F3NO4. The van der Waals surface area contributed by atoms with Crippen molar-refractivity contribution in [2.24, 2.45) is 0 Å². The van der Waals surface area contributed by atoms with Crippen molar-refractivity contribution in [2.75, 3.05) is 0 Å².